The van der Waals surface area contributed by atoms with Gasteiger partial charge in [-0.2, -0.15) is 13.2 Å². The van der Waals surface area contributed by atoms with Crippen molar-refractivity contribution in [2.24, 2.45) is 5.92 Å². The molecule has 8 heteroatoms. The molecule has 0 saturated heterocycles. The monoisotopic (exact) mass is 448 g/mol. The Morgan fingerprint density at radius 2 is 1.56 bits per heavy atom. The van der Waals surface area contributed by atoms with Gasteiger partial charge in [-0.25, -0.2) is 0 Å². The minimum Gasteiger partial charge on any atom is -0.344 e. The summed E-state index contributed by atoms with van der Waals surface area (Å²) in [6, 6.07) is 12.3. The molecule has 32 heavy (non-hydrogen) atoms. The van der Waals surface area contributed by atoms with Crippen LogP contribution in [0.5, 0.6) is 0 Å². The Labute approximate surface area is 185 Å². The van der Waals surface area contributed by atoms with Crippen molar-refractivity contribution in [3.63, 3.8) is 0 Å². The van der Waals surface area contributed by atoms with Gasteiger partial charge in [0.05, 0.1) is 11.6 Å². The molecule has 0 aliphatic carbocycles. The molecule has 2 N–H and O–H groups in total. The molecule has 2 atom stereocenters. The third-order valence-corrected chi connectivity index (χ3v) is 4.98. The highest BCUT2D eigenvalue weighted by Crippen LogP contribution is 2.29. The van der Waals surface area contributed by atoms with Crippen molar-refractivity contribution in [2.45, 2.75) is 51.4 Å². The molecule has 2 aromatic carbocycles. The topological polar surface area (TPSA) is 75.3 Å². The van der Waals surface area contributed by atoms with Gasteiger partial charge in [-0.1, -0.05) is 56.3 Å². The number of alkyl halides is 3. The molecular formula is C24H27F3N2O3. The summed E-state index contributed by atoms with van der Waals surface area (Å²) < 4.78 is 37.9. The summed E-state index contributed by atoms with van der Waals surface area (Å²) in [5, 5.41) is 5.34. The van der Waals surface area contributed by atoms with Crippen LogP contribution in [0.15, 0.2) is 54.6 Å². The van der Waals surface area contributed by atoms with Crippen molar-refractivity contribution in [1.29, 1.82) is 0 Å². The van der Waals surface area contributed by atoms with Gasteiger partial charge in [-0.15, -0.1) is 0 Å². The number of carbonyl (C=O) groups is 3. The third kappa shape index (κ3) is 7.83. The van der Waals surface area contributed by atoms with Crippen molar-refractivity contribution in [1.82, 2.24) is 10.6 Å². The van der Waals surface area contributed by atoms with Crippen LogP contribution in [-0.2, 0) is 33.4 Å². The van der Waals surface area contributed by atoms with Crippen LogP contribution in [0.25, 0.3) is 0 Å². The Hall–Kier alpha value is -3.16. The fourth-order valence-electron chi connectivity index (χ4n) is 3.17. The number of amides is 2. The number of hydrogen-bond donors (Lipinski definition) is 2. The lowest BCUT2D eigenvalue weighted by molar-refractivity contribution is -0.137. The minimum absolute atomic E-state index is 0.0169. The molecule has 2 amide bonds. The maximum absolute atomic E-state index is 12.7. The summed E-state index contributed by atoms with van der Waals surface area (Å²) in [4.78, 5) is 36.5. The first kappa shape index (κ1) is 25.1. The second-order valence-electron chi connectivity index (χ2n) is 7.92. The average Bonchev–Trinajstić information content (AvgIpc) is 2.75. The van der Waals surface area contributed by atoms with Crippen molar-refractivity contribution in [3.05, 3.63) is 71.3 Å². The van der Waals surface area contributed by atoms with Gasteiger partial charge in [0.15, 0.2) is 0 Å². The fraction of sp³-hybridized carbons (Fsp3) is 0.375. The Balaban J connectivity index is 1.91. The van der Waals surface area contributed by atoms with E-state index in [0.29, 0.717) is 18.3 Å². The lowest BCUT2D eigenvalue weighted by Crippen LogP contribution is -2.52. The molecule has 1 unspecified atom stereocenters. The van der Waals surface area contributed by atoms with Gasteiger partial charge in [-0.05, 0) is 42.0 Å². The Morgan fingerprint density at radius 1 is 0.938 bits per heavy atom. The molecule has 0 radical (unpaired) electrons. The molecule has 2 aromatic rings. The second-order valence-corrected chi connectivity index (χ2v) is 7.92. The lowest BCUT2D eigenvalue weighted by Gasteiger charge is -2.23. The number of rotatable bonds is 10. The van der Waals surface area contributed by atoms with E-state index in [9.17, 15) is 27.6 Å². The van der Waals surface area contributed by atoms with Crippen LogP contribution in [-0.4, -0.2) is 30.2 Å². The van der Waals surface area contributed by atoms with Gasteiger partial charge >= 0.3 is 6.18 Å². The molecule has 0 bridgehead atoms. The zero-order chi connectivity index (χ0) is 23.7. The molecule has 0 aromatic heterocycles. The van der Waals surface area contributed by atoms with E-state index in [1.54, 1.807) is 13.8 Å². The van der Waals surface area contributed by atoms with E-state index in [0.717, 1.165) is 17.7 Å². The number of carbonyl (C=O) groups excluding carboxylic acids is 3. The van der Waals surface area contributed by atoms with Crippen molar-refractivity contribution >= 4 is 18.1 Å². The van der Waals surface area contributed by atoms with Crippen LogP contribution in [0.4, 0.5) is 13.2 Å². The number of hydrogen-bond acceptors (Lipinski definition) is 3. The van der Waals surface area contributed by atoms with Crippen LogP contribution in [0.1, 0.15) is 37.0 Å². The normalized spacial score (nSPS) is 13.3. The van der Waals surface area contributed by atoms with Crippen molar-refractivity contribution < 1.29 is 27.6 Å². The number of aryl methyl sites for hydroxylation is 1. The maximum atomic E-state index is 12.7. The minimum atomic E-state index is -4.41. The number of aldehydes is 1. The predicted octanol–water partition coefficient (Wildman–Crippen LogP) is 3.71. The number of halogens is 3. The third-order valence-electron chi connectivity index (χ3n) is 4.98. The summed E-state index contributed by atoms with van der Waals surface area (Å²) in [5.74, 6) is -1.09. The Morgan fingerprint density at radius 3 is 2.09 bits per heavy atom. The van der Waals surface area contributed by atoms with E-state index < -0.39 is 35.6 Å². The maximum Gasteiger partial charge on any atom is 0.416 e. The summed E-state index contributed by atoms with van der Waals surface area (Å²) in [6.45, 7) is 3.54. The molecule has 172 valence electrons. The van der Waals surface area contributed by atoms with E-state index in [-0.39, 0.29) is 18.8 Å². The lowest BCUT2D eigenvalue weighted by atomic mass is 10.0. The molecule has 0 saturated carbocycles. The molecule has 5 nitrogen and oxygen atoms in total. The Bertz CT molecular complexity index is 897. The van der Waals surface area contributed by atoms with Gasteiger partial charge in [0, 0.05) is 6.42 Å². The van der Waals surface area contributed by atoms with Crippen molar-refractivity contribution in [2.75, 3.05) is 0 Å². The van der Waals surface area contributed by atoms with E-state index in [2.05, 4.69) is 10.6 Å². The van der Waals surface area contributed by atoms with Gasteiger partial charge < -0.3 is 15.4 Å². The van der Waals surface area contributed by atoms with E-state index in [4.69, 9.17) is 0 Å². The zero-order valence-electron chi connectivity index (χ0n) is 18.0. The largest absolute Gasteiger partial charge is 0.416 e. The van der Waals surface area contributed by atoms with Crippen LogP contribution >= 0.6 is 0 Å². The van der Waals surface area contributed by atoms with E-state index >= 15 is 0 Å². The summed E-state index contributed by atoms with van der Waals surface area (Å²) in [5.41, 5.74) is 0.733. The van der Waals surface area contributed by atoms with Gasteiger partial charge in [0.1, 0.15) is 12.3 Å². The molecule has 2 rings (SSSR count). The fourth-order valence-corrected chi connectivity index (χ4v) is 3.17. The number of benzene rings is 2. The predicted molar refractivity (Wildman–Crippen MR) is 115 cm³/mol. The molecule has 0 aliphatic heterocycles. The first-order valence-corrected chi connectivity index (χ1v) is 10.3. The first-order valence-electron chi connectivity index (χ1n) is 10.3. The summed E-state index contributed by atoms with van der Waals surface area (Å²) >= 11 is 0. The Kier molecular flexibility index (Phi) is 8.99. The number of nitrogens with one attached hydrogen (secondary N) is 2. The van der Waals surface area contributed by atoms with Crippen LogP contribution in [0.3, 0.4) is 0 Å². The molecule has 0 aliphatic rings. The summed E-state index contributed by atoms with van der Waals surface area (Å²) in [7, 11) is 0. The zero-order valence-corrected chi connectivity index (χ0v) is 18.0. The SMILES string of the molecule is CC(C)[C@H](NC(=O)CCc1ccc(C(F)(F)F)cc1)C(=O)NC(C=O)Cc1ccccc1. The molecule has 0 fully saturated rings. The van der Waals surface area contributed by atoms with E-state index in [1.165, 1.54) is 12.1 Å². The van der Waals surface area contributed by atoms with Crippen LogP contribution in [0, 0.1) is 5.92 Å². The molecule has 0 heterocycles. The quantitative estimate of drug-likeness (QED) is 0.544. The van der Waals surface area contributed by atoms with Gasteiger partial charge in [0.25, 0.3) is 0 Å². The molecular weight excluding hydrogens is 421 g/mol. The average molecular weight is 448 g/mol. The highest BCUT2D eigenvalue weighted by Gasteiger charge is 2.30. The van der Waals surface area contributed by atoms with Crippen LogP contribution < -0.4 is 10.6 Å². The highest BCUT2D eigenvalue weighted by atomic mass is 19.4. The van der Waals surface area contributed by atoms with Gasteiger partial charge in [-0.3, -0.25) is 9.59 Å². The van der Waals surface area contributed by atoms with E-state index in [1.807, 2.05) is 30.3 Å². The smallest absolute Gasteiger partial charge is 0.344 e. The van der Waals surface area contributed by atoms with Crippen molar-refractivity contribution in [3.8, 4) is 0 Å². The second kappa shape index (κ2) is 11.5. The highest BCUT2D eigenvalue weighted by molar-refractivity contribution is 5.89. The molecule has 0 spiro atoms. The first-order chi connectivity index (χ1) is 15.1. The summed E-state index contributed by atoms with van der Waals surface area (Å²) in [6.07, 6.45) is -3.16. The standard InChI is InChI=1S/C24H27F3N2O3/c1-16(2)22(23(32)28-20(15-30)14-18-6-4-3-5-7-18)29-21(31)13-10-17-8-11-19(12-9-17)24(25,26)27/h3-9,11-12,15-16,20,22H,10,13-14H2,1-2H3,(H,28,32)(H,29,31)/t20?,22-/m0/s1. The van der Waals surface area contributed by atoms with Crippen LogP contribution in [0.2, 0.25) is 0 Å². The van der Waals surface area contributed by atoms with Gasteiger partial charge in [0.2, 0.25) is 11.8 Å².